The number of amides is 1. The van der Waals surface area contributed by atoms with E-state index in [2.05, 4.69) is 10.3 Å². The summed E-state index contributed by atoms with van der Waals surface area (Å²) < 4.78 is 17.9. The fourth-order valence-corrected chi connectivity index (χ4v) is 1.52. The van der Waals surface area contributed by atoms with Crippen molar-refractivity contribution in [3.8, 4) is 0 Å². The van der Waals surface area contributed by atoms with Crippen molar-refractivity contribution < 1.29 is 13.9 Å². The Bertz CT molecular complexity index is 582. The van der Waals surface area contributed by atoms with E-state index in [1.807, 2.05) is 0 Å². The van der Waals surface area contributed by atoms with Gasteiger partial charge in [0, 0.05) is 11.6 Å². The number of nitrogens with zero attached hydrogens (tertiary/aromatic N) is 1. The van der Waals surface area contributed by atoms with Gasteiger partial charge in [-0.1, -0.05) is 0 Å². The van der Waals surface area contributed by atoms with Crippen molar-refractivity contribution in [3.63, 3.8) is 0 Å². The van der Waals surface area contributed by atoms with E-state index in [-0.39, 0.29) is 23.5 Å². The molecular formula is C13H15FN4O2. The molecule has 1 saturated carbocycles. The molecule has 0 aromatic heterocycles. The number of nitrogen functional groups attached to an aromatic ring is 1. The maximum atomic E-state index is 13.0. The van der Waals surface area contributed by atoms with E-state index in [0.717, 1.165) is 18.9 Å². The first kappa shape index (κ1) is 14.0. The molecule has 1 aliphatic rings. The number of hydrogen-bond donors (Lipinski definition) is 3. The lowest BCUT2D eigenvalue weighted by Crippen LogP contribution is -2.34. The van der Waals surface area contributed by atoms with Crippen molar-refractivity contribution in [1.82, 2.24) is 5.32 Å². The van der Waals surface area contributed by atoms with E-state index in [1.165, 1.54) is 19.2 Å². The lowest BCUT2D eigenvalue weighted by molar-refractivity contribution is -0.116. The first-order chi connectivity index (χ1) is 9.51. The molecular weight excluding hydrogens is 263 g/mol. The average molecular weight is 278 g/mol. The Morgan fingerprint density at radius 3 is 2.80 bits per heavy atom. The van der Waals surface area contributed by atoms with Crippen LogP contribution < -0.4 is 11.1 Å². The average Bonchev–Trinajstić information content (AvgIpc) is 3.22. The highest BCUT2D eigenvalue weighted by molar-refractivity contribution is 6.37. The van der Waals surface area contributed by atoms with Gasteiger partial charge in [-0.25, -0.2) is 4.39 Å². The van der Waals surface area contributed by atoms with Crippen molar-refractivity contribution >= 4 is 23.3 Å². The Morgan fingerprint density at radius 2 is 2.25 bits per heavy atom. The topological polar surface area (TPSA) is 101 Å². The number of carbonyl (C=O) groups excluding carboxylic acids is 1. The Labute approximate surface area is 115 Å². The molecule has 0 spiro atoms. The van der Waals surface area contributed by atoms with Crippen LogP contribution in [0.4, 0.5) is 10.1 Å². The molecule has 7 heteroatoms. The zero-order chi connectivity index (χ0) is 14.7. The van der Waals surface area contributed by atoms with Gasteiger partial charge >= 0.3 is 5.91 Å². The number of nitrogens with two attached hydrogens (primary N) is 1. The SMILES string of the molecule is CO/C(=N\C(=N)c1ccc(F)c(N)c1)C(=O)NC1CC1. The number of carbonyl (C=O) groups is 1. The van der Waals surface area contributed by atoms with Crippen LogP contribution in [0.15, 0.2) is 23.2 Å². The molecule has 106 valence electrons. The highest BCUT2D eigenvalue weighted by Gasteiger charge is 2.26. The summed E-state index contributed by atoms with van der Waals surface area (Å²) in [5.74, 6) is -1.46. The van der Waals surface area contributed by atoms with Crippen molar-refractivity contribution in [2.75, 3.05) is 12.8 Å². The van der Waals surface area contributed by atoms with E-state index < -0.39 is 11.7 Å². The molecule has 6 nitrogen and oxygen atoms in total. The minimum absolute atomic E-state index is 0.0798. The molecule has 0 bridgehead atoms. The minimum atomic E-state index is -0.566. The molecule has 0 atom stereocenters. The Morgan fingerprint density at radius 1 is 1.55 bits per heavy atom. The predicted octanol–water partition coefficient (Wildman–Crippen LogP) is 1.06. The summed E-state index contributed by atoms with van der Waals surface area (Å²) in [5.41, 5.74) is 5.65. The molecule has 1 aromatic rings. The molecule has 0 radical (unpaired) electrons. The van der Waals surface area contributed by atoms with Crippen LogP contribution in [0.5, 0.6) is 0 Å². The molecule has 0 heterocycles. The zero-order valence-electron chi connectivity index (χ0n) is 10.9. The summed E-state index contributed by atoms with van der Waals surface area (Å²) in [7, 11) is 1.30. The number of hydrogen-bond acceptors (Lipinski definition) is 4. The second-order valence-corrected chi connectivity index (χ2v) is 4.45. The number of aliphatic imine (C=N–C) groups is 1. The van der Waals surface area contributed by atoms with Crippen LogP contribution in [0.25, 0.3) is 0 Å². The van der Waals surface area contributed by atoms with Gasteiger partial charge in [-0.2, -0.15) is 4.99 Å². The van der Waals surface area contributed by atoms with Crippen LogP contribution in [-0.4, -0.2) is 30.8 Å². The van der Waals surface area contributed by atoms with E-state index in [0.29, 0.717) is 5.56 Å². The molecule has 2 rings (SSSR count). The molecule has 4 N–H and O–H groups in total. The van der Waals surface area contributed by atoms with Crippen molar-refractivity contribution in [2.24, 2.45) is 4.99 Å². The quantitative estimate of drug-likeness (QED) is 0.428. The molecule has 1 fully saturated rings. The van der Waals surface area contributed by atoms with E-state index >= 15 is 0 Å². The number of rotatable bonds is 2. The standard InChI is InChI=1S/C13H15FN4O2/c1-20-13(12(19)17-8-3-4-8)18-11(16)7-2-5-9(14)10(15)6-7/h2,5-6,8,16H,3-4,15H2,1H3,(H,17,19)/b16-11?,18-13-. The van der Waals surface area contributed by atoms with Gasteiger partial charge in [0.1, 0.15) is 5.82 Å². The summed E-state index contributed by atoms with van der Waals surface area (Å²) in [5, 5.41) is 10.5. The van der Waals surface area contributed by atoms with Gasteiger partial charge in [0.25, 0.3) is 5.90 Å². The molecule has 1 aromatic carbocycles. The van der Waals surface area contributed by atoms with Gasteiger partial charge in [-0.15, -0.1) is 0 Å². The number of ether oxygens (including phenoxy) is 1. The largest absolute Gasteiger partial charge is 0.477 e. The number of nitrogens with one attached hydrogen (secondary N) is 2. The fourth-order valence-electron chi connectivity index (χ4n) is 1.52. The smallest absolute Gasteiger partial charge is 0.306 e. The minimum Gasteiger partial charge on any atom is -0.477 e. The maximum Gasteiger partial charge on any atom is 0.306 e. The second-order valence-electron chi connectivity index (χ2n) is 4.45. The van der Waals surface area contributed by atoms with Crippen LogP contribution in [0.1, 0.15) is 18.4 Å². The van der Waals surface area contributed by atoms with Gasteiger partial charge in [0.15, 0.2) is 5.84 Å². The summed E-state index contributed by atoms with van der Waals surface area (Å²) in [4.78, 5) is 15.6. The highest BCUT2D eigenvalue weighted by Crippen LogP contribution is 2.18. The molecule has 20 heavy (non-hydrogen) atoms. The number of anilines is 1. The number of amidine groups is 1. The summed E-state index contributed by atoms with van der Waals surface area (Å²) in [6.45, 7) is 0. The lowest BCUT2D eigenvalue weighted by Gasteiger charge is -2.06. The van der Waals surface area contributed by atoms with Crippen LogP contribution in [0.3, 0.4) is 0 Å². The van der Waals surface area contributed by atoms with Crippen LogP contribution in [-0.2, 0) is 9.53 Å². The lowest BCUT2D eigenvalue weighted by atomic mass is 10.2. The maximum absolute atomic E-state index is 13.0. The fraction of sp³-hybridized carbons (Fsp3) is 0.308. The van der Waals surface area contributed by atoms with E-state index in [4.69, 9.17) is 15.9 Å². The van der Waals surface area contributed by atoms with Crippen LogP contribution >= 0.6 is 0 Å². The highest BCUT2D eigenvalue weighted by atomic mass is 19.1. The van der Waals surface area contributed by atoms with E-state index in [9.17, 15) is 9.18 Å². The molecule has 0 unspecified atom stereocenters. The number of halogens is 1. The first-order valence-corrected chi connectivity index (χ1v) is 6.08. The van der Waals surface area contributed by atoms with Gasteiger partial charge < -0.3 is 15.8 Å². The van der Waals surface area contributed by atoms with Gasteiger partial charge in [0.05, 0.1) is 12.8 Å². The Balaban J connectivity index is 2.15. The van der Waals surface area contributed by atoms with Crippen LogP contribution in [0, 0.1) is 11.2 Å². The van der Waals surface area contributed by atoms with E-state index in [1.54, 1.807) is 0 Å². The number of methoxy groups -OCH3 is 1. The first-order valence-electron chi connectivity index (χ1n) is 6.08. The normalized spacial score (nSPS) is 14.8. The molecule has 1 amide bonds. The summed E-state index contributed by atoms with van der Waals surface area (Å²) in [6.07, 6.45) is 1.88. The van der Waals surface area contributed by atoms with Gasteiger partial charge in [-0.05, 0) is 31.0 Å². The van der Waals surface area contributed by atoms with Crippen molar-refractivity contribution in [1.29, 1.82) is 5.41 Å². The summed E-state index contributed by atoms with van der Waals surface area (Å²) >= 11 is 0. The van der Waals surface area contributed by atoms with Crippen LogP contribution in [0.2, 0.25) is 0 Å². The Hall–Kier alpha value is -2.44. The second kappa shape index (κ2) is 5.68. The monoisotopic (exact) mass is 278 g/mol. The van der Waals surface area contributed by atoms with Crippen molar-refractivity contribution in [3.05, 3.63) is 29.6 Å². The molecule has 0 saturated heterocycles. The zero-order valence-corrected chi connectivity index (χ0v) is 10.9. The molecule has 1 aliphatic carbocycles. The van der Waals surface area contributed by atoms with Crippen molar-refractivity contribution in [2.45, 2.75) is 18.9 Å². The third-order valence-electron chi connectivity index (χ3n) is 2.78. The Kier molecular flexibility index (Phi) is 3.97. The summed E-state index contributed by atoms with van der Waals surface area (Å²) in [6, 6.07) is 3.96. The van der Waals surface area contributed by atoms with Gasteiger partial charge in [0.2, 0.25) is 0 Å². The third kappa shape index (κ3) is 3.31. The predicted molar refractivity (Wildman–Crippen MR) is 73.2 cm³/mol. The van der Waals surface area contributed by atoms with Gasteiger partial charge in [-0.3, -0.25) is 10.2 Å². The third-order valence-corrected chi connectivity index (χ3v) is 2.78. The molecule has 0 aliphatic heterocycles. The number of benzene rings is 1.